The highest BCUT2D eigenvalue weighted by Gasteiger charge is 2.32. The first kappa shape index (κ1) is 18.1. The van der Waals surface area contributed by atoms with Gasteiger partial charge in [0.2, 0.25) is 5.91 Å². The molecule has 1 aliphatic rings. The lowest BCUT2D eigenvalue weighted by Gasteiger charge is -2.09. The standard InChI is InChI=1S/C21H16N2O4S/c1-12(24)19-18(13-7-3-2-4-8-13)23-21(28-19)22-17(25)11-16-14-9-5-6-10-15(14)20(26)27-16/h2-10,16H,11H2,1H3,(H,22,23,25). The molecule has 0 aliphatic carbocycles. The van der Waals surface area contributed by atoms with Crippen LogP contribution in [0.1, 0.15) is 45.0 Å². The third-order valence-electron chi connectivity index (χ3n) is 4.39. The summed E-state index contributed by atoms with van der Waals surface area (Å²) >= 11 is 1.13. The van der Waals surface area contributed by atoms with Gasteiger partial charge in [0.15, 0.2) is 10.9 Å². The van der Waals surface area contributed by atoms with Crippen molar-refractivity contribution in [1.82, 2.24) is 4.98 Å². The molecule has 140 valence electrons. The van der Waals surface area contributed by atoms with Gasteiger partial charge in [-0.2, -0.15) is 0 Å². The van der Waals surface area contributed by atoms with Crippen molar-refractivity contribution in [3.8, 4) is 11.3 Å². The zero-order chi connectivity index (χ0) is 19.7. The van der Waals surface area contributed by atoms with Crippen molar-refractivity contribution < 1.29 is 19.1 Å². The summed E-state index contributed by atoms with van der Waals surface area (Å²) in [6.45, 7) is 1.47. The zero-order valence-electron chi connectivity index (χ0n) is 15.0. The second-order valence-electron chi connectivity index (χ2n) is 6.35. The third kappa shape index (κ3) is 3.44. The molecule has 1 aromatic heterocycles. The number of aromatic nitrogens is 1. The van der Waals surface area contributed by atoms with Gasteiger partial charge in [-0.05, 0) is 6.07 Å². The molecule has 1 unspecified atom stereocenters. The summed E-state index contributed by atoms with van der Waals surface area (Å²) in [7, 11) is 0. The molecule has 0 saturated carbocycles. The lowest BCUT2D eigenvalue weighted by Crippen LogP contribution is -2.15. The molecule has 7 heteroatoms. The minimum Gasteiger partial charge on any atom is -0.453 e. The monoisotopic (exact) mass is 392 g/mol. The Morgan fingerprint density at radius 1 is 1.11 bits per heavy atom. The quantitative estimate of drug-likeness (QED) is 0.518. The minimum absolute atomic E-state index is 0.0155. The Morgan fingerprint density at radius 3 is 2.57 bits per heavy atom. The molecule has 6 nitrogen and oxygen atoms in total. The number of carbonyl (C=O) groups is 3. The second kappa shape index (κ2) is 7.36. The molecule has 0 bridgehead atoms. The third-order valence-corrected chi connectivity index (χ3v) is 5.46. The van der Waals surface area contributed by atoms with E-state index in [0.717, 1.165) is 16.9 Å². The fraction of sp³-hybridized carbons (Fsp3) is 0.143. The van der Waals surface area contributed by atoms with Crippen LogP contribution in [0.25, 0.3) is 11.3 Å². The van der Waals surface area contributed by atoms with Crippen molar-refractivity contribution >= 4 is 34.1 Å². The van der Waals surface area contributed by atoms with E-state index >= 15 is 0 Å². The van der Waals surface area contributed by atoms with Gasteiger partial charge in [-0.1, -0.05) is 59.9 Å². The van der Waals surface area contributed by atoms with E-state index in [-0.39, 0.29) is 18.1 Å². The number of amides is 1. The van der Waals surface area contributed by atoms with Gasteiger partial charge in [0, 0.05) is 18.1 Å². The van der Waals surface area contributed by atoms with Crippen LogP contribution < -0.4 is 5.32 Å². The molecule has 2 aromatic carbocycles. The molecule has 1 N–H and O–H groups in total. The summed E-state index contributed by atoms with van der Waals surface area (Å²) in [5, 5.41) is 3.06. The molecule has 4 rings (SSSR count). The number of nitrogens with one attached hydrogen (secondary N) is 1. The Kier molecular flexibility index (Phi) is 4.75. The van der Waals surface area contributed by atoms with Gasteiger partial charge in [-0.25, -0.2) is 9.78 Å². The van der Waals surface area contributed by atoms with E-state index < -0.39 is 12.1 Å². The number of rotatable bonds is 5. The maximum Gasteiger partial charge on any atom is 0.339 e. The molecule has 2 heterocycles. The first-order valence-electron chi connectivity index (χ1n) is 8.70. The number of benzene rings is 2. The average Bonchev–Trinajstić information content (AvgIpc) is 3.25. The molecule has 0 spiro atoms. The largest absolute Gasteiger partial charge is 0.453 e. The second-order valence-corrected chi connectivity index (χ2v) is 7.35. The maximum atomic E-state index is 12.5. The SMILES string of the molecule is CC(=O)c1sc(NC(=O)CC2OC(=O)c3ccccc32)nc1-c1ccccc1. The molecular formula is C21H16N2O4S. The summed E-state index contributed by atoms with van der Waals surface area (Å²) in [6, 6.07) is 16.4. The molecule has 1 aliphatic heterocycles. The topological polar surface area (TPSA) is 85.4 Å². The Hall–Kier alpha value is -3.32. The minimum atomic E-state index is -0.621. The average molecular weight is 392 g/mol. The fourth-order valence-corrected chi connectivity index (χ4v) is 4.01. The summed E-state index contributed by atoms with van der Waals surface area (Å²) in [6.07, 6.45) is -0.636. The van der Waals surface area contributed by atoms with Gasteiger partial charge in [0.1, 0.15) is 6.10 Å². The van der Waals surface area contributed by atoms with Crippen LogP contribution in [0.15, 0.2) is 54.6 Å². The highest BCUT2D eigenvalue weighted by atomic mass is 32.1. The Bertz CT molecular complexity index is 1080. The Balaban J connectivity index is 1.53. The van der Waals surface area contributed by atoms with Crippen LogP contribution in [-0.4, -0.2) is 22.6 Å². The van der Waals surface area contributed by atoms with E-state index in [0.29, 0.717) is 26.8 Å². The number of Topliss-reactive ketones (excluding diaryl/α,β-unsaturated/α-hetero) is 1. The summed E-state index contributed by atoms with van der Waals surface area (Å²) in [5.74, 6) is -0.874. The van der Waals surface area contributed by atoms with Gasteiger partial charge in [0.05, 0.1) is 22.6 Å². The van der Waals surface area contributed by atoms with Gasteiger partial charge in [-0.3, -0.25) is 9.59 Å². The smallest absolute Gasteiger partial charge is 0.339 e. The molecular weight excluding hydrogens is 376 g/mol. The number of carbonyl (C=O) groups excluding carboxylic acids is 3. The number of hydrogen-bond donors (Lipinski definition) is 1. The first-order valence-corrected chi connectivity index (χ1v) is 9.51. The number of hydrogen-bond acceptors (Lipinski definition) is 6. The summed E-state index contributed by atoms with van der Waals surface area (Å²) < 4.78 is 5.31. The van der Waals surface area contributed by atoms with Crippen LogP contribution in [-0.2, 0) is 9.53 Å². The van der Waals surface area contributed by atoms with Crippen LogP contribution in [0.4, 0.5) is 5.13 Å². The molecule has 0 radical (unpaired) electrons. The van der Waals surface area contributed by atoms with E-state index in [9.17, 15) is 14.4 Å². The van der Waals surface area contributed by atoms with Crippen molar-refractivity contribution in [2.75, 3.05) is 5.32 Å². The van der Waals surface area contributed by atoms with Crippen LogP contribution in [0.2, 0.25) is 0 Å². The van der Waals surface area contributed by atoms with Crippen molar-refractivity contribution in [3.05, 3.63) is 70.6 Å². The summed E-state index contributed by atoms with van der Waals surface area (Å²) in [4.78, 5) is 41.3. The van der Waals surface area contributed by atoms with Crippen LogP contribution >= 0.6 is 11.3 Å². The number of anilines is 1. The first-order chi connectivity index (χ1) is 13.5. The van der Waals surface area contributed by atoms with Crippen LogP contribution in [0, 0.1) is 0 Å². The van der Waals surface area contributed by atoms with E-state index in [4.69, 9.17) is 4.74 Å². The lowest BCUT2D eigenvalue weighted by atomic mass is 10.0. The van der Waals surface area contributed by atoms with Crippen LogP contribution in [0.5, 0.6) is 0 Å². The molecule has 1 amide bonds. The highest BCUT2D eigenvalue weighted by molar-refractivity contribution is 7.18. The lowest BCUT2D eigenvalue weighted by molar-refractivity contribution is -0.118. The van der Waals surface area contributed by atoms with E-state index in [2.05, 4.69) is 10.3 Å². The van der Waals surface area contributed by atoms with E-state index in [1.54, 1.807) is 24.3 Å². The molecule has 3 aromatic rings. The van der Waals surface area contributed by atoms with Gasteiger partial charge in [-0.15, -0.1) is 0 Å². The Morgan fingerprint density at radius 2 is 1.82 bits per heavy atom. The predicted octanol–water partition coefficient (Wildman–Crippen LogP) is 4.25. The van der Waals surface area contributed by atoms with E-state index in [1.807, 2.05) is 30.3 Å². The number of cyclic esters (lactones) is 1. The number of ether oxygens (including phenoxy) is 1. The van der Waals surface area contributed by atoms with Crippen molar-refractivity contribution in [2.24, 2.45) is 0 Å². The number of nitrogens with zero attached hydrogens (tertiary/aromatic N) is 1. The zero-order valence-corrected chi connectivity index (χ0v) is 15.8. The van der Waals surface area contributed by atoms with Crippen molar-refractivity contribution in [3.63, 3.8) is 0 Å². The van der Waals surface area contributed by atoms with Gasteiger partial charge >= 0.3 is 5.97 Å². The number of thiazole rings is 1. The molecule has 0 fully saturated rings. The number of esters is 1. The van der Waals surface area contributed by atoms with Crippen LogP contribution in [0.3, 0.4) is 0 Å². The van der Waals surface area contributed by atoms with Crippen molar-refractivity contribution in [1.29, 1.82) is 0 Å². The summed E-state index contributed by atoms with van der Waals surface area (Å²) in [5.41, 5.74) is 2.55. The fourth-order valence-electron chi connectivity index (χ4n) is 3.11. The molecule has 28 heavy (non-hydrogen) atoms. The number of fused-ring (bicyclic) bond motifs is 1. The molecule has 0 saturated heterocycles. The van der Waals surface area contributed by atoms with Gasteiger partial charge in [0.25, 0.3) is 0 Å². The normalized spacial score (nSPS) is 15.0. The number of ketones is 1. The Labute approximate surface area is 165 Å². The maximum absolute atomic E-state index is 12.5. The highest BCUT2D eigenvalue weighted by Crippen LogP contribution is 2.34. The van der Waals surface area contributed by atoms with E-state index in [1.165, 1.54) is 6.92 Å². The van der Waals surface area contributed by atoms with Crippen molar-refractivity contribution in [2.45, 2.75) is 19.4 Å². The predicted molar refractivity (Wildman–Crippen MR) is 105 cm³/mol. The molecule has 1 atom stereocenters. The van der Waals surface area contributed by atoms with Gasteiger partial charge < -0.3 is 10.1 Å².